The van der Waals surface area contributed by atoms with Gasteiger partial charge < -0.3 is 126 Å². The van der Waals surface area contributed by atoms with Gasteiger partial charge in [0.15, 0.2) is 0 Å². The van der Waals surface area contributed by atoms with Crippen LogP contribution in [-0.4, -0.2) is 329 Å². The maximum atomic E-state index is 15.5. The summed E-state index contributed by atoms with van der Waals surface area (Å²) in [4.78, 5) is 170. The molecule has 12 atom stereocenters. The number of carbonyl (C=O) groups is 12. The van der Waals surface area contributed by atoms with Gasteiger partial charge in [0.25, 0.3) is 0 Å². The molecule has 2 fully saturated rings. The molecular weight excluding hydrogens is 1500 g/mol. The first-order valence-electron chi connectivity index (χ1n) is 37.5. The minimum Gasteiger partial charge on any atom is -0.496 e. The molecule has 15 N–H and O–H groups in total. The second kappa shape index (κ2) is 49.0. The summed E-state index contributed by atoms with van der Waals surface area (Å²) in [7, 11) is -1.01. The average Bonchev–Trinajstić information content (AvgIpc) is 1.61. The number of hydrogen-bond donors (Lipinski definition) is 14. The van der Waals surface area contributed by atoms with Crippen LogP contribution in [0.3, 0.4) is 0 Å². The summed E-state index contributed by atoms with van der Waals surface area (Å²) in [5.74, 6) is -13.2. The molecule has 4 aliphatic rings. The fraction of sp³-hybridized carbons (Fsp3) is 0.718. The van der Waals surface area contributed by atoms with E-state index < -0.39 is 187 Å². The topological polar surface area (TPSA) is 530 Å². The Labute approximate surface area is 650 Å². The van der Waals surface area contributed by atoms with E-state index in [1.807, 2.05) is 0 Å². The smallest absolute Gasteiger partial charge is 0.306 e. The lowest BCUT2D eigenvalue weighted by Gasteiger charge is -2.32. The molecule has 4 aliphatic heterocycles. The summed E-state index contributed by atoms with van der Waals surface area (Å²) < 4.78 is 65.7. The van der Waals surface area contributed by atoms with Crippen molar-refractivity contribution in [3.8, 4) is 5.75 Å². The maximum Gasteiger partial charge on any atom is 0.306 e. The number of rotatable bonds is 41. The fourth-order valence-corrected chi connectivity index (χ4v) is 15.1. The summed E-state index contributed by atoms with van der Waals surface area (Å²) in [5.41, 5.74) is 6.66. The first kappa shape index (κ1) is 92.1. The van der Waals surface area contributed by atoms with Gasteiger partial charge in [-0.1, -0.05) is 34.1 Å². The number of H-pyrrole nitrogens is 1. The Morgan fingerprint density at radius 3 is 1.87 bits per heavy atom. The number of nitrogens with one attached hydrogen (secondary N) is 9. The first-order valence-corrected chi connectivity index (χ1v) is 39.8. The van der Waals surface area contributed by atoms with Crippen molar-refractivity contribution in [2.45, 2.75) is 150 Å². The summed E-state index contributed by atoms with van der Waals surface area (Å²) in [5, 5.41) is 61.8. The number of piperidine rings is 1. The number of aliphatic hydroxyl groups is 3. The molecule has 0 saturated carbocycles. The number of nitrogens with two attached hydrogens (primary N) is 1. The molecule has 1 aromatic heterocycles. The molecule has 5 heterocycles. The minimum atomic E-state index is -2.46. The lowest BCUT2D eigenvalue weighted by Crippen LogP contribution is -2.61. The Kier molecular flexibility index (Phi) is 40.7. The van der Waals surface area contributed by atoms with Gasteiger partial charge in [0.1, 0.15) is 47.0 Å². The van der Waals surface area contributed by atoms with Gasteiger partial charge in [0, 0.05) is 86.3 Å². The van der Waals surface area contributed by atoms with Crippen LogP contribution >= 0.6 is 11.8 Å². The third-order valence-electron chi connectivity index (χ3n) is 19.0. The van der Waals surface area contributed by atoms with Crippen LogP contribution in [0.2, 0.25) is 0 Å². The van der Waals surface area contributed by atoms with Gasteiger partial charge in [-0.15, -0.1) is 0 Å². The second-order valence-electron chi connectivity index (χ2n) is 27.2. The standard InChI is InChI=1S/C71H112N12O26S2/c1-6-42(2)61-67(95)75-37-59(90)76-52-41-111(100)69-48(35-50(64(92)74-13-9-57(88)79-61)77-68(96)62(44(4)54(86)39-84)80-66(94)53-34-45(85)38-83(53)70(97)51(36-56(72)87)78-65(52)93)47-7-8-55(101-5)49(63(47)81-69)40-110-46-10-15-82(16-11-46)60(91)12-17-102-19-21-104-23-25-106-27-29-108-31-32-109-30-28-107-26-24-105-22-20-103-18-14-73-58(89)33-43(3)71(98)99/h7-8,42-46,50-54,61-62,81,84-86H,6,9-41H2,1-5H3,(H2,72,87)(H,73,89)(H,74,92)(H,75,95)(H,76,90)(H,77,96)(H,78,93)(H,79,88)(H,80,94)(H,98,99)/t42-,43?,44-,45+,50-,51-,52-,53-,54-,61-,62-,111?/m0/s1. The number of methoxy groups -OCH3 is 1. The van der Waals surface area contributed by atoms with Crippen LogP contribution in [0.15, 0.2) is 17.2 Å². The predicted octanol–water partition coefficient (Wildman–Crippen LogP) is -4.25. The monoisotopic (exact) mass is 1610 g/mol. The van der Waals surface area contributed by atoms with E-state index in [0.717, 1.165) is 4.90 Å². The van der Waals surface area contributed by atoms with Gasteiger partial charge in [-0.3, -0.25) is 61.7 Å². The van der Waals surface area contributed by atoms with E-state index in [2.05, 4.69) is 47.5 Å². The van der Waals surface area contributed by atoms with Gasteiger partial charge >= 0.3 is 5.97 Å². The Morgan fingerprint density at radius 2 is 1.31 bits per heavy atom. The van der Waals surface area contributed by atoms with E-state index in [1.54, 1.807) is 42.6 Å². The molecule has 11 amide bonds. The number of carboxylic acid groups (broad SMARTS) is 1. The number of benzene rings is 1. The molecule has 2 unspecified atom stereocenters. The van der Waals surface area contributed by atoms with Crippen molar-refractivity contribution in [3.05, 3.63) is 23.3 Å². The molecule has 6 rings (SSSR count). The maximum absolute atomic E-state index is 15.5. The highest BCUT2D eigenvalue weighted by atomic mass is 32.2. The Morgan fingerprint density at radius 1 is 0.712 bits per heavy atom. The van der Waals surface area contributed by atoms with Gasteiger partial charge in [-0.25, -0.2) is 0 Å². The molecule has 40 heteroatoms. The molecule has 2 bridgehead atoms. The van der Waals surface area contributed by atoms with Crippen LogP contribution in [0.5, 0.6) is 5.75 Å². The van der Waals surface area contributed by atoms with Crippen LogP contribution < -0.4 is 53.0 Å². The molecule has 0 aliphatic carbocycles. The first-order chi connectivity index (χ1) is 53.2. The Balaban J connectivity index is 1.05. The number of likely N-dealkylation sites (tertiary alicyclic amines) is 1. The fourth-order valence-electron chi connectivity index (χ4n) is 12.4. The normalized spacial score (nSPS) is 22.8. The van der Waals surface area contributed by atoms with Crippen LogP contribution in [-0.2, 0) is 118 Å². The van der Waals surface area contributed by atoms with Crippen molar-refractivity contribution in [1.29, 1.82) is 0 Å². The molecule has 1 aromatic carbocycles. The number of aromatic nitrogens is 1. The van der Waals surface area contributed by atoms with Crippen molar-refractivity contribution >= 4 is 104 Å². The third kappa shape index (κ3) is 30.6. The number of ether oxygens (including phenoxy) is 9. The molecular formula is C71H112N12O26S2. The van der Waals surface area contributed by atoms with Crippen LogP contribution in [0.1, 0.15) is 90.2 Å². The van der Waals surface area contributed by atoms with Crippen molar-refractivity contribution in [2.75, 3.05) is 164 Å². The van der Waals surface area contributed by atoms with E-state index in [4.69, 9.17) is 53.5 Å². The molecule has 2 saturated heterocycles. The lowest BCUT2D eigenvalue weighted by molar-refractivity contribution is -0.144. The van der Waals surface area contributed by atoms with E-state index in [1.165, 1.54) is 21.0 Å². The number of amides is 11. The molecule has 38 nitrogen and oxygen atoms in total. The highest BCUT2D eigenvalue weighted by molar-refractivity contribution is 7.99. The number of aliphatic carboxylic acids is 1. The van der Waals surface area contributed by atoms with Gasteiger partial charge in [0.2, 0.25) is 65.0 Å². The molecule has 0 spiro atoms. The van der Waals surface area contributed by atoms with Crippen LogP contribution in [0.4, 0.5) is 0 Å². The van der Waals surface area contributed by atoms with Crippen molar-refractivity contribution in [1.82, 2.24) is 57.3 Å². The summed E-state index contributed by atoms with van der Waals surface area (Å²) >= 11 is 1.56. The molecule has 0 radical (unpaired) electrons. The number of primary amides is 1. The highest BCUT2D eigenvalue weighted by Gasteiger charge is 2.45. The number of hydrogen-bond acceptors (Lipinski definition) is 26. The highest BCUT2D eigenvalue weighted by Crippen LogP contribution is 2.38. The largest absolute Gasteiger partial charge is 0.496 e. The van der Waals surface area contributed by atoms with Crippen LogP contribution in [0, 0.1) is 17.8 Å². The zero-order valence-corrected chi connectivity index (χ0v) is 65.3. The predicted molar refractivity (Wildman–Crippen MR) is 398 cm³/mol. The number of carbonyl (C=O) groups excluding carboxylic acids is 11. The number of aliphatic hydroxyl groups excluding tert-OH is 3. The van der Waals surface area contributed by atoms with E-state index in [0.29, 0.717) is 140 Å². The lowest BCUT2D eigenvalue weighted by atomic mass is 9.93. The quantitative estimate of drug-likeness (QED) is 0.0280. The summed E-state index contributed by atoms with van der Waals surface area (Å²) in [6, 6.07) is -6.80. The number of nitrogens with zero attached hydrogens (tertiary/aromatic N) is 2. The van der Waals surface area contributed by atoms with Crippen LogP contribution in [0.25, 0.3) is 10.9 Å². The third-order valence-corrected chi connectivity index (χ3v) is 21.9. The van der Waals surface area contributed by atoms with Crippen molar-refractivity contribution in [3.63, 3.8) is 0 Å². The van der Waals surface area contributed by atoms with Gasteiger partial charge in [-0.2, -0.15) is 11.8 Å². The summed E-state index contributed by atoms with van der Waals surface area (Å²) in [6.45, 7) is 10.3. The summed E-state index contributed by atoms with van der Waals surface area (Å²) in [6.07, 6.45) is -3.63. The molecule has 111 heavy (non-hydrogen) atoms. The zero-order valence-electron chi connectivity index (χ0n) is 63.7. The van der Waals surface area contributed by atoms with E-state index >= 15 is 4.21 Å². The van der Waals surface area contributed by atoms with E-state index in [-0.39, 0.29) is 79.2 Å². The Bertz CT molecular complexity index is 3420. The van der Waals surface area contributed by atoms with E-state index in [9.17, 15) is 72.9 Å². The minimum absolute atomic E-state index is 0.0209. The average molecular weight is 1610 g/mol. The van der Waals surface area contributed by atoms with Crippen molar-refractivity contribution < 1.29 is 125 Å². The Hall–Kier alpha value is -7.74. The SMILES string of the molecule is CC[C@H](C)[C@@H]1NC(=O)CCNC(=O)[C@@H]2Cc3c([nH]c4c(CSC5CCN(C(=O)CCOCCOCCOCCOCCOCCOCCOCCOCCNC(=O)CC(C)C(=O)O)CC5)c(OC)ccc34)S(=O)C[C@H](NC(=O)CNC1=O)C(=O)N[C@@H](CC(N)=O)C(=O)N1C[C@H](O)C[C@H]1C(=O)N[C@@H]([C@@H](C)[C@@H](O)CO)C(=O)N2. The number of carboxylic acids is 1. The van der Waals surface area contributed by atoms with Crippen molar-refractivity contribution in [2.24, 2.45) is 23.5 Å². The van der Waals surface area contributed by atoms with Gasteiger partial charge in [-0.05, 0) is 36.5 Å². The van der Waals surface area contributed by atoms with Gasteiger partial charge in [0.05, 0.1) is 179 Å². The molecule has 2 aromatic rings. The second-order valence-corrected chi connectivity index (χ2v) is 30.0. The number of fused-ring (bicyclic) bond motifs is 5. The zero-order chi connectivity index (χ0) is 80.9. The number of aromatic amines is 1. The molecule has 624 valence electrons. The number of thioether (sulfide) groups is 1.